The van der Waals surface area contributed by atoms with Gasteiger partial charge in [-0.2, -0.15) is 5.10 Å². The third-order valence-electron chi connectivity index (χ3n) is 2.97. The van der Waals surface area contributed by atoms with Crippen LogP contribution in [0, 0.1) is 17.0 Å². The summed E-state index contributed by atoms with van der Waals surface area (Å²) in [5.74, 6) is -0.391. The maximum Gasteiger partial charge on any atom is 0.272 e. The standard InChI is InChI=1S/C15H14N4O3/c1-10-6-7-13(9-16-10)15(20)18-17-11(2)12-4-3-5-14(8-12)19(21)22/h3-9H,1-2H3,(H,18,20)/b17-11-. The van der Waals surface area contributed by atoms with Crippen molar-refractivity contribution in [3.63, 3.8) is 0 Å². The highest BCUT2D eigenvalue weighted by atomic mass is 16.6. The molecule has 1 aromatic carbocycles. The summed E-state index contributed by atoms with van der Waals surface area (Å²) in [7, 11) is 0. The highest BCUT2D eigenvalue weighted by Gasteiger charge is 2.08. The Kier molecular flexibility index (Phi) is 4.57. The van der Waals surface area contributed by atoms with Gasteiger partial charge in [-0.15, -0.1) is 0 Å². The fraction of sp³-hybridized carbons (Fsp3) is 0.133. The zero-order valence-corrected chi connectivity index (χ0v) is 12.1. The average Bonchev–Trinajstić information content (AvgIpc) is 2.53. The lowest BCUT2D eigenvalue weighted by Crippen LogP contribution is -2.19. The molecule has 7 heteroatoms. The zero-order chi connectivity index (χ0) is 16.1. The quantitative estimate of drug-likeness (QED) is 0.532. The van der Waals surface area contributed by atoms with E-state index < -0.39 is 10.8 Å². The molecule has 1 heterocycles. The molecule has 0 aliphatic heterocycles. The van der Waals surface area contributed by atoms with Gasteiger partial charge in [-0.1, -0.05) is 12.1 Å². The molecule has 0 unspecified atom stereocenters. The highest BCUT2D eigenvalue weighted by Crippen LogP contribution is 2.13. The van der Waals surface area contributed by atoms with E-state index in [1.807, 2.05) is 6.92 Å². The number of non-ortho nitro benzene ring substituents is 1. The third-order valence-corrected chi connectivity index (χ3v) is 2.97. The number of aromatic nitrogens is 1. The molecule has 22 heavy (non-hydrogen) atoms. The molecule has 1 N–H and O–H groups in total. The van der Waals surface area contributed by atoms with Crippen LogP contribution in [-0.4, -0.2) is 21.5 Å². The van der Waals surface area contributed by atoms with Crippen molar-refractivity contribution in [2.45, 2.75) is 13.8 Å². The molecule has 0 aliphatic carbocycles. The van der Waals surface area contributed by atoms with Gasteiger partial charge in [-0.25, -0.2) is 5.43 Å². The van der Waals surface area contributed by atoms with E-state index in [0.29, 0.717) is 16.8 Å². The van der Waals surface area contributed by atoms with Gasteiger partial charge in [0.15, 0.2) is 0 Å². The Balaban J connectivity index is 2.12. The number of hydrogen-bond donors (Lipinski definition) is 1. The van der Waals surface area contributed by atoms with Crippen molar-refractivity contribution < 1.29 is 9.72 Å². The van der Waals surface area contributed by atoms with Crippen molar-refractivity contribution in [1.82, 2.24) is 10.4 Å². The first-order valence-electron chi connectivity index (χ1n) is 6.49. The molecular weight excluding hydrogens is 284 g/mol. The number of aryl methyl sites for hydroxylation is 1. The fourth-order valence-electron chi connectivity index (χ4n) is 1.71. The summed E-state index contributed by atoms with van der Waals surface area (Å²) in [6, 6.07) is 9.43. The number of nitrogens with zero attached hydrogens (tertiary/aromatic N) is 3. The molecule has 1 aromatic heterocycles. The van der Waals surface area contributed by atoms with Gasteiger partial charge in [0.1, 0.15) is 0 Å². The van der Waals surface area contributed by atoms with E-state index in [2.05, 4.69) is 15.5 Å². The molecule has 0 bridgehead atoms. The molecule has 0 aliphatic rings. The number of carbonyl (C=O) groups excluding carboxylic acids is 1. The van der Waals surface area contributed by atoms with Crippen LogP contribution >= 0.6 is 0 Å². The second-order valence-corrected chi connectivity index (χ2v) is 4.63. The number of benzene rings is 1. The number of hydrogen-bond acceptors (Lipinski definition) is 5. The lowest BCUT2D eigenvalue weighted by molar-refractivity contribution is -0.384. The molecule has 0 fully saturated rings. The van der Waals surface area contributed by atoms with Gasteiger partial charge < -0.3 is 0 Å². The Bertz CT molecular complexity index is 739. The van der Waals surface area contributed by atoms with E-state index in [4.69, 9.17) is 0 Å². The van der Waals surface area contributed by atoms with Crippen molar-refractivity contribution in [1.29, 1.82) is 0 Å². The average molecular weight is 298 g/mol. The molecule has 1 amide bonds. The van der Waals surface area contributed by atoms with Crippen LogP contribution in [0.4, 0.5) is 5.69 Å². The van der Waals surface area contributed by atoms with Crippen LogP contribution in [0.5, 0.6) is 0 Å². The van der Waals surface area contributed by atoms with Gasteiger partial charge >= 0.3 is 0 Å². The maximum absolute atomic E-state index is 11.9. The third kappa shape index (κ3) is 3.72. The smallest absolute Gasteiger partial charge is 0.267 e. The van der Waals surface area contributed by atoms with E-state index in [9.17, 15) is 14.9 Å². The number of rotatable bonds is 4. The summed E-state index contributed by atoms with van der Waals surface area (Å²) in [6.45, 7) is 3.49. The highest BCUT2D eigenvalue weighted by molar-refractivity contribution is 6.01. The van der Waals surface area contributed by atoms with Crippen LogP contribution in [0.2, 0.25) is 0 Å². The first-order valence-corrected chi connectivity index (χ1v) is 6.49. The van der Waals surface area contributed by atoms with Gasteiger partial charge in [0, 0.05) is 29.6 Å². The van der Waals surface area contributed by atoms with E-state index in [1.165, 1.54) is 18.3 Å². The van der Waals surface area contributed by atoms with Crippen LogP contribution in [0.25, 0.3) is 0 Å². The first-order chi connectivity index (χ1) is 10.5. The van der Waals surface area contributed by atoms with Gasteiger partial charge in [0.05, 0.1) is 16.2 Å². The van der Waals surface area contributed by atoms with Crippen molar-refractivity contribution in [2.75, 3.05) is 0 Å². The number of hydrazone groups is 1. The number of nitro benzene ring substituents is 1. The number of amides is 1. The lowest BCUT2D eigenvalue weighted by atomic mass is 10.1. The Morgan fingerprint density at radius 1 is 1.27 bits per heavy atom. The van der Waals surface area contributed by atoms with Crippen LogP contribution in [0.15, 0.2) is 47.7 Å². The van der Waals surface area contributed by atoms with Gasteiger partial charge in [-0.05, 0) is 26.0 Å². The predicted octanol–water partition coefficient (Wildman–Crippen LogP) is 2.45. The van der Waals surface area contributed by atoms with E-state index in [1.54, 1.807) is 31.2 Å². The molecule has 0 spiro atoms. The van der Waals surface area contributed by atoms with Crippen LogP contribution < -0.4 is 5.43 Å². The topological polar surface area (TPSA) is 97.5 Å². The number of nitrogens with one attached hydrogen (secondary N) is 1. The summed E-state index contributed by atoms with van der Waals surface area (Å²) >= 11 is 0. The minimum Gasteiger partial charge on any atom is -0.267 e. The molecule has 0 saturated heterocycles. The van der Waals surface area contributed by atoms with Gasteiger partial charge in [0.25, 0.3) is 11.6 Å². The molecule has 0 saturated carbocycles. The normalized spacial score (nSPS) is 11.1. The minimum atomic E-state index is -0.479. The lowest BCUT2D eigenvalue weighted by Gasteiger charge is -2.03. The molecule has 2 aromatic rings. The fourth-order valence-corrected chi connectivity index (χ4v) is 1.71. The Hall–Kier alpha value is -3.09. The molecule has 112 valence electrons. The van der Waals surface area contributed by atoms with Crippen LogP contribution in [-0.2, 0) is 0 Å². The second kappa shape index (κ2) is 6.57. The van der Waals surface area contributed by atoms with Crippen molar-refractivity contribution >= 4 is 17.3 Å². The van der Waals surface area contributed by atoms with Gasteiger partial charge in [-0.3, -0.25) is 19.9 Å². The Morgan fingerprint density at radius 2 is 2.05 bits per heavy atom. The summed E-state index contributed by atoms with van der Waals surface area (Å²) in [5.41, 5.74) is 4.62. The minimum absolute atomic E-state index is 0.0267. The summed E-state index contributed by atoms with van der Waals surface area (Å²) < 4.78 is 0. The predicted molar refractivity (Wildman–Crippen MR) is 81.7 cm³/mol. The summed E-state index contributed by atoms with van der Waals surface area (Å²) in [5, 5.41) is 14.7. The number of pyridine rings is 1. The van der Waals surface area contributed by atoms with Crippen LogP contribution in [0.1, 0.15) is 28.5 Å². The van der Waals surface area contributed by atoms with Crippen molar-refractivity contribution in [3.8, 4) is 0 Å². The zero-order valence-electron chi connectivity index (χ0n) is 12.1. The SMILES string of the molecule is C/C(=N/NC(=O)c1ccc(C)nc1)c1cccc([N+](=O)[O-])c1. The Morgan fingerprint density at radius 3 is 2.68 bits per heavy atom. The molecule has 0 atom stereocenters. The molecular formula is C15H14N4O3. The maximum atomic E-state index is 11.9. The van der Waals surface area contributed by atoms with Crippen molar-refractivity contribution in [3.05, 3.63) is 69.5 Å². The Labute approximate surface area is 126 Å². The monoisotopic (exact) mass is 298 g/mol. The molecule has 2 rings (SSSR count). The summed E-state index contributed by atoms with van der Waals surface area (Å²) in [6.07, 6.45) is 1.46. The molecule has 0 radical (unpaired) electrons. The van der Waals surface area contributed by atoms with Crippen molar-refractivity contribution in [2.24, 2.45) is 5.10 Å². The second-order valence-electron chi connectivity index (χ2n) is 4.63. The largest absolute Gasteiger partial charge is 0.272 e. The van der Waals surface area contributed by atoms with Gasteiger partial charge in [0.2, 0.25) is 0 Å². The first kappa shape index (κ1) is 15.3. The number of nitro groups is 1. The van der Waals surface area contributed by atoms with E-state index in [-0.39, 0.29) is 5.69 Å². The summed E-state index contributed by atoms with van der Waals surface area (Å²) in [4.78, 5) is 26.2. The molecule has 7 nitrogen and oxygen atoms in total. The van der Waals surface area contributed by atoms with E-state index in [0.717, 1.165) is 5.69 Å². The van der Waals surface area contributed by atoms with Crippen LogP contribution in [0.3, 0.4) is 0 Å². The van der Waals surface area contributed by atoms with E-state index >= 15 is 0 Å². The number of carbonyl (C=O) groups is 1.